The molecular weight excluding hydrogens is 226 g/mol. The van der Waals surface area contributed by atoms with E-state index in [0.717, 1.165) is 13.0 Å². The third-order valence-corrected chi connectivity index (χ3v) is 3.35. The summed E-state index contributed by atoms with van der Waals surface area (Å²) in [6.07, 6.45) is 1.10. The maximum atomic E-state index is 11.3. The van der Waals surface area contributed by atoms with E-state index in [4.69, 9.17) is 0 Å². The van der Waals surface area contributed by atoms with Crippen LogP contribution >= 0.6 is 0 Å². The predicted octanol–water partition coefficient (Wildman–Crippen LogP) is 1.83. The van der Waals surface area contributed by atoms with Gasteiger partial charge in [-0.25, -0.2) is 4.98 Å². The summed E-state index contributed by atoms with van der Waals surface area (Å²) in [7, 11) is 0. The Kier molecular flexibility index (Phi) is 2.63. The number of benzene rings is 1. The number of fused-ring (bicyclic) bond motifs is 1. The molecule has 1 aromatic carbocycles. The molecule has 1 aliphatic rings. The molecule has 0 bridgehead atoms. The highest BCUT2D eigenvalue weighted by atomic mass is 16.1. The van der Waals surface area contributed by atoms with Crippen LogP contribution in [-0.4, -0.2) is 16.5 Å². The Morgan fingerprint density at radius 3 is 3.06 bits per heavy atom. The molecule has 1 aromatic heterocycles. The summed E-state index contributed by atoms with van der Waals surface area (Å²) in [5.41, 5.74) is 2.73. The molecule has 0 aliphatic heterocycles. The van der Waals surface area contributed by atoms with Gasteiger partial charge in [-0.05, 0) is 24.5 Å². The molecule has 18 heavy (non-hydrogen) atoms. The van der Waals surface area contributed by atoms with E-state index in [0.29, 0.717) is 17.6 Å². The first-order valence-corrected chi connectivity index (χ1v) is 6.12. The van der Waals surface area contributed by atoms with Gasteiger partial charge in [-0.3, -0.25) is 4.79 Å². The van der Waals surface area contributed by atoms with Crippen LogP contribution < -0.4 is 10.9 Å². The zero-order valence-corrected chi connectivity index (χ0v) is 10.2. The molecule has 92 valence electrons. The number of aromatic nitrogens is 2. The average molecular weight is 241 g/mol. The number of aromatic amines is 1. The Morgan fingerprint density at radius 2 is 2.28 bits per heavy atom. The Labute approximate surface area is 105 Å². The van der Waals surface area contributed by atoms with E-state index in [9.17, 15) is 4.79 Å². The Hall–Kier alpha value is -2.10. The van der Waals surface area contributed by atoms with E-state index in [1.807, 2.05) is 0 Å². The predicted molar refractivity (Wildman–Crippen MR) is 71.0 cm³/mol. The van der Waals surface area contributed by atoms with E-state index in [1.165, 1.54) is 17.2 Å². The fourth-order valence-corrected chi connectivity index (χ4v) is 2.44. The Bertz CT molecular complexity index is 633. The van der Waals surface area contributed by atoms with Crippen molar-refractivity contribution in [2.24, 2.45) is 0 Å². The molecule has 2 aromatic rings. The number of H-pyrrole nitrogens is 1. The van der Waals surface area contributed by atoms with Gasteiger partial charge in [0.25, 0.3) is 5.56 Å². The first kappa shape index (κ1) is 11.0. The van der Waals surface area contributed by atoms with Gasteiger partial charge in [0, 0.05) is 18.5 Å². The van der Waals surface area contributed by atoms with Gasteiger partial charge < -0.3 is 10.3 Å². The van der Waals surface area contributed by atoms with Crippen molar-refractivity contribution in [3.05, 3.63) is 57.6 Å². The molecule has 0 saturated heterocycles. The van der Waals surface area contributed by atoms with Crippen molar-refractivity contribution < 1.29 is 0 Å². The molecule has 2 N–H and O–H groups in total. The van der Waals surface area contributed by atoms with Crippen molar-refractivity contribution in [3.63, 3.8) is 0 Å². The molecule has 0 spiro atoms. The second-order valence-electron chi connectivity index (χ2n) is 4.70. The molecule has 0 amide bonds. The highest BCUT2D eigenvalue weighted by Crippen LogP contribution is 2.34. The van der Waals surface area contributed by atoms with Crippen molar-refractivity contribution in [3.8, 4) is 0 Å². The lowest BCUT2D eigenvalue weighted by Gasteiger charge is -2.30. The molecule has 0 radical (unpaired) electrons. The van der Waals surface area contributed by atoms with Crippen LogP contribution in [0.3, 0.4) is 0 Å². The number of nitrogens with one attached hydrogen (secondary N) is 2. The van der Waals surface area contributed by atoms with Gasteiger partial charge in [0.15, 0.2) is 0 Å². The summed E-state index contributed by atoms with van der Waals surface area (Å²) < 4.78 is 0. The highest BCUT2D eigenvalue weighted by molar-refractivity contribution is 5.42. The second kappa shape index (κ2) is 4.29. The van der Waals surface area contributed by atoms with Crippen LogP contribution in [0, 0.1) is 6.92 Å². The summed E-state index contributed by atoms with van der Waals surface area (Å²) in [4.78, 5) is 18.2. The van der Waals surface area contributed by atoms with Crippen molar-refractivity contribution in [2.45, 2.75) is 19.3 Å². The molecule has 4 heteroatoms. The number of hydrogen-bond acceptors (Lipinski definition) is 3. The summed E-state index contributed by atoms with van der Waals surface area (Å²) in [6.45, 7) is 2.61. The molecule has 0 fully saturated rings. The molecule has 1 unspecified atom stereocenters. The minimum Gasteiger partial charge on any atom is -0.369 e. The van der Waals surface area contributed by atoms with Crippen LogP contribution in [0.5, 0.6) is 0 Å². The van der Waals surface area contributed by atoms with Crippen LogP contribution in [0.2, 0.25) is 0 Å². The fraction of sp³-hybridized carbons (Fsp3) is 0.286. The molecule has 1 aliphatic carbocycles. The normalized spacial score (nSPS) is 16.8. The van der Waals surface area contributed by atoms with Gasteiger partial charge in [-0.15, -0.1) is 0 Å². The van der Waals surface area contributed by atoms with E-state index in [1.54, 1.807) is 6.92 Å². The zero-order valence-electron chi connectivity index (χ0n) is 10.2. The van der Waals surface area contributed by atoms with Crippen LogP contribution in [0.15, 0.2) is 35.1 Å². The minimum atomic E-state index is -0.112. The van der Waals surface area contributed by atoms with Crippen molar-refractivity contribution in [1.29, 1.82) is 0 Å². The number of aryl methyl sites for hydroxylation is 1. The highest BCUT2D eigenvalue weighted by Gasteiger charge is 2.24. The summed E-state index contributed by atoms with van der Waals surface area (Å²) in [6, 6.07) is 9.98. The van der Waals surface area contributed by atoms with Crippen LogP contribution in [-0.2, 0) is 6.42 Å². The van der Waals surface area contributed by atoms with E-state index >= 15 is 0 Å². The van der Waals surface area contributed by atoms with Gasteiger partial charge >= 0.3 is 0 Å². The van der Waals surface area contributed by atoms with E-state index < -0.39 is 0 Å². The maximum Gasteiger partial charge on any atom is 0.252 e. The Balaban J connectivity index is 1.68. The lowest BCUT2D eigenvalue weighted by Crippen LogP contribution is -2.25. The second-order valence-corrected chi connectivity index (χ2v) is 4.70. The summed E-state index contributed by atoms with van der Waals surface area (Å²) in [5, 5.41) is 3.24. The molecule has 1 atom stereocenters. The quantitative estimate of drug-likeness (QED) is 0.862. The van der Waals surface area contributed by atoms with Gasteiger partial charge in [-0.2, -0.15) is 0 Å². The first-order chi connectivity index (χ1) is 8.72. The third-order valence-electron chi connectivity index (χ3n) is 3.35. The zero-order chi connectivity index (χ0) is 12.5. The van der Waals surface area contributed by atoms with Crippen LogP contribution in [0.1, 0.15) is 22.9 Å². The SMILES string of the molecule is Cc1nc(NCC2Cc3ccccc32)cc(=O)[nH]1. The summed E-state index contributed by atoms with van der Waals surface area (Å²) >= 11 is 0. The topological polar surface area (TPSA) is 57.8 Å². The number of rotatable bonds is 3. The molecular formula is C14H15N3O. The first-order valence-electron chi connectivity index (χ1n) is 6.12. The van der Waals surface area contributed by atoms with E-state index in [-0.39, 0.29) is 5.56 Å². The molecule has 4 nitrogen and oxygen atoms in total. The van der Waals surface area contributed by atoms with Crippen molar-refractivity contribution in [1.82, 2.24) is 9.97 Å². The van der Waals surface area contributed by atoms with Crippen LogP contribution in [0.4, 0.5) is 5.82 Å². The average Bonchev–Trinajstić information content (AvgIpc) is 2.29. The third kappa shape index (κ3) is 2.01. The molecule has 0 saturated carbocycles. The largest absolute Gasteiger partial charge is 0.369 e. The van der Waals surface area contributed by atoms with Crippen molar-refractivity contribution >= 4 is 5.82 Å². The monoisotopic (exact) mass is 241 g/mol. The van der Waals surface area contributed by atoms with Crippen LogP contribution in [0.25, 0.3) is 0 Å². The standard InChI is InChI=1S/C14H15N3O/c1-9-16-13(7-14(18)17-9)15-8-11-6-10-4-2-3-5-12(10)11/h2-5,7,11H,6,8H2,1H3,(H2,15,16,17,18). The fourth-order valence-electron chi connectivity index (χ4n) is 2.44. The molecule has 1 heterocycles. The van der Waals surface area contributed by atoms with Gasteiger partial charge in [-0.1, -0.05) is 24.3 Å². The van der Waals surface area contributed by atoms with Gasteiger partial charge in [0.2, 0.25) is 0 Å². The van der Waals surface area contributed by atoms with Crippen molar-refractivity contribution in [2.75, 3.05) is 11.9 Å². The number of anilines is 1. The smallest absolute Gasteiger partial charge is 0.252 e. The van der Waals surface area contributed by atoms with E-state index in [2.05, 4.69) is 39.6 Å². The minimum absolute atomic E-state index is 0.112. The number of hydrogen-bond donors (Lipinski definition) is 2. The maximum absolute atomic E-state index is 11.3. The Morgan fingerprint density at radius 1 is 1.44 bits per heavy atom. The molecule has 3 rings (SSSR count). The lowest BCUT2D eigenvalue weighted by atomic mass is 9.78. The van der Waals surface area contributed by atoms with Gasteiger partial charge in [0.05, 0.1) is 0 Å². The summed E-state index contributed by atoms with van der Waals surface area (Å²) in [5.74, 6) is 1.82. The lowest BCUT2D eigenvalue weighted by molar-refractivity contribution is 0.634. The number of nitrogens with zero attached hydrogens (tertiary/aromatic N) is 1. The van der Waals surface area contributed by atoms with Gasteiger partial charge in [0.1, 0.15) is 11.6 Å².